The first-order valence-corrected chi connectivity index (χ1v) is 20.3. The van der Waals surface area contributed by atoms with Gasteiger partial charge in [-0.1, -0.05) is 150 Å². The van der Waals surface area contributed by atoms with Gasteiger partial charge in [-0.05, 0) is 69.1 Å². The summed E-state index contributed by atoms with van der Waals surface area (Å²) in [4.78, 5) is 4.98. The van der Waals surface area contributed by atoms with E-state index in [1.54, 1.807) is 0 Å². The molecule has 60 heavy (non-hydrogen) atoms. The molecule has 302 valence electrons. The molecule has 0 saturated heterocycles. The van der Waals surface area contributed by atoms with Crippen LogP contribution in [-0.2, 0) is 37.3 Å². The third-order valence-electron chi connectivity index (χ3n) is 11.8. The summed E-state index contributed by atoms with van der Waals surface area (Å²) in [7, 11) is 0. The van der Waals surface area contributed by atoms with Crippen molar-refractivity contribution in [3.05, 3.63) is 210 Å². The summed E-state index contributed by atoms with van der Waals surface area (Å²) in [6.45, 7) is 15.8. The van der Waals surface area contributed by atoms with Crippen molar-refractivity contribution >= 4 is 21.8 Å². The van der Waals surface area contributed by atoms with Crippen LogP contribution in [0.1, 0.15) is 76.3 Å². The SMILES string of the molecule is CC(C)(C)c1cc(Oc2[c-]c(-n3[c-][n+](-c4cccc(C(C)(C)c5ccccc5)c4)cc3)ccc2)[c-]c2c1c1ccccc1n2-c1cc(C(C)(C)c2ccccc2)ccn1.[Pt]. The fourth-order valence-electron chi connectivity index (χ4n) is 8.24. The summed E-state index contributed by atoms with van der Waals surface area (Å²) in [5.74, 6) is 2.04. The van der Waals surface area contributed by atoms with Gasteiger partial charge >= 0.3 is 0 Å². The fourth-order valence-corrected chi connectivity index (χ4v) is 8.24. The molecule has 0 atom stereocenters. The maximum absolute atomic E-state index is 6.71. The van der Waals surface area contributed by atoms with Crippen molar-refractivity contribution in [3.63, 3.8) is 0 Å². The average Bonchev–Trinajstić information content (AvgIpc) is 3.88. The van der Waals surface area contributed by atoms with E-state index >= 15 is 0 Å². The van der Waals surface area contributed by atoms with Crippen LogP contribution in [0, 0.1) is 18.5 Å². The monoisotopic (exact) mass is 963 g/mol. The molecular weight excluding hydrogens is 916 g/mol. The second kappa shape index (κ2) is 15.9. The normalized spacial score (nSPS) is 12.1. The number of imidazole rings is 1. The Bertz CT molecular complexity index is 2950. The zero-order chi connectivity index (χ0) is 40.9. The summed E-state index contributed by atoms with van der Waals surface area (Å²) < 4.78 is 12.9. The van der Waals surface area contributed by atoms with Crippen LogP contribution in [0.25, 0.3) is 39.0 Å². The standard InChI is InChI=1S/C54H48N4O.Pt/c1-52(2,3)47-35-45(36-49-51(47)46-26-14-15-27-48(46)58(49)50-33-41(28-29-55-50)54(6,7)39-20-12-9-13-21-39)59-44-25-17-24-43(34-44)57-31-30-56(37-57)42-23-16-22-40(32-42)53(4,5)38-18-10-8-11-19-38;/h8-33,35H,1-7H3;/q-2;. The Balaban J connectivity index is 0.00000499. The number of benzene rings is 6. The molecule has 5 nitrogen and oxygen atoms in total. The Morgan fingerprint density at radius 3 is 1.93 bits per heavy atom. The van der Waals surface area contributed by atoms with Gasteiger partial charge in [0.05, 0.1) is 5.69 Å². The second-order valence-electron chi connectivity index (χ2n) is 17.4. The zero-order valence-electron chi connectivity index (χ0n) is 35.1. The van der Waals surface area contributed by atoms with E-state index in [9.17, 15) is 0 Å². The Labute approximate surface area is 368 Å². The summed E-state index contributed by atoms with van der Waals surface area (Å²) in [5, 5.41) is 2.30. The van der Waals surface area contributed by atoms with Gasteiger partial charge in [-0.3, -0.25) is 4.57 Å². The minimum atomic E-state index is -0.229. The molecule has 0 spiro atoms. The maximum Gasteiger partial charge on any atom is 0.267 e. The minimum Gasteiger partial charge on any atom is -0.510 e. The number of nitrogens with zero attached hydrogens (tertiary/aromatic N) is 4. The van der Waals surface area contributed by atoms with Gasteiger partial charge in [0.1, 0.15) is 5.82 Å². The number of aromatic nitrogens is 4. The predicted octanol–water partition coefficient (Wildman–Crippen LogP) is 12.4. The van der Waals surface area contributed by atoms with Crippen LogP contribution >= 0.6 is 0 Å². The molecular formula is C54H48N4OPt-2. The molecule has 6 heteroatoms. The molecule has 0 saturated carbocycles. The smallest absolute Gasteiger partial charge is 0.267 e. The van der Waals surface area contributed by atoms with Crippen molar-refractivity contribution in [1.29, 1.82) is 0 Å². The molecule has 0 aliphatic heterocycles. The molecule has 9 aromatic rings. The Morgan fingerprint density at radius 1 is 0.600 bits per heavy atom. The topological polar surface area (TPSA) is 35.9 Å². The molecule has 9 rings (SSSR count). The van der Waals surface area contributed by atoms with Crippen LogP contribution in [0.4, 0.5) is 0 Å². The number of hydrogen-bond donors (Lipinski definition) is 0. The molecule has 0 radical (unpaired) electrons. The van der Waals surface area contributed by atoms with Gasteiger partial charge in [-0.25, -0.2) is 4.98 Å². The van der Waals surface area contributed by atoms with Gasteiger partial charge in [0, 0.05) is 67.5 Å². The number of rotatable bonds is 9. The van der Waals surface area contributed by atoms with Gasteiger partial charge in [-0.2, -0.15) is 12.1 Å². The van der Waals surface area contributed by atoms with Crippen molar-refractivity contribution in [2.75, 3.05) is 0 Å². The van der Waals surface area contributed by atoms with Gasteiger partial charge in [0.2, 0.25) is 0 Å². The van der Waals surface area contributed by atoms with Crippen LogP contribution in [-0.4, -0.2) is 14.1 Å². The molecule has 0 aliphatic rings. The summed E-state index contributed by atoms with van der Waals surface area (Å²) >= 11 is 0. The molecule has 0 amide bonds. The second-order valence-corrected chi connectivity index (χ2v) is 17.4. The van der Waals surface area contributed by atoms with Gasteiger partial charge < -0.3 is 13.9 Å². The molecule has 0 fully saturated rings. The van der Waals surface area contributed by atoms with E-state index in [1.807, 2.05) is 45.9 Å². The van der Waals surface area contributed by atoms with E-state index in [4.69, 9.17) is 9.72 Å². The zero-order valence-corrected chi connectivity index (χ0v) is 37.4. The molecule has 0 N–H and O–H groups in total. The molecule has 0 aliphatic carbocycles. The van der Waals surface area contributed by atoms with Crippen molar-refractivity contribution < 1.29 is 30.4 Å². The van der Waals surface area contributed by atoms with Gasteiger partial charge in [-0.15, -0.1) is 29.8 Å². The van der Waals surface area contributed by atoms with E-state index in [0.29, 0.717) is 11.5 Å². The summed E-state index contributed by atoms with van der Waals surface area (Å²) in [5.41, 5.74) is 9.38. The molecule has 0 unspecified atom stereocenters. The van der Waals surface area contributed by atoms with Crippen molar-refractivity contribution in [1.82, 2.24) is 14.1 Å². The van der Waals surface area contributed by atoms with E-state index < -0.39 is 0 Å². The molecule has 6 aromatic carbocycles. The van der Waals surface area contributed by atoms with E-state index in [1.165, 1.54) is 27.8 Å². The van der Waals surface area contributed by atoms with Crippen molar-refractivity contribution in [2.45, 2.75) is 64.7 Å². The summed E-state index contributed by atoms with van der Waals surface area (Å²) in [6, 6.07) is 58.2. The number of para-hydroxylation sites is 1. The first-order chi connectivity index (χ1) is 28.4. The van der Waals surface area contributed by atoms with Crippen LogP contribution in [0.5, 0.6) is 11.5 Å². The third kappa shape index (κ3) is 7.52. The van der Waals surface area contributed by atoms with Gasteiger partial charge in [0.15, 0.2) is 0 Å². The van der Waals surface area contributed by atoms with E-state index in [2.05, 4.69) is 199 Å². The maximum atomic E-state index is 6.71. The van der Waals surface area contributed by atoms with Crippen LogP contribution < -0.4 is 9.30 Å². The largest absolute Gasteiger partial charge is 0.510 e. The van der Waals surface area contributed by atoms with E-state index in [0.717, 1.165) is 39.0 Å². The molecule has 3 aromatic heterocycles. The van der Waals surface area contributed by atoms with Crippen molar-refractivity contribution in [2.24, 2.45) is 0 Å². The third-order valence-corrected chi connectivity index (χ3v) is 11.8. The van der Waals surface area contributed by atoms with E-state index in [-0.39, 0.29) is 37.3 Å². The van der Waals surface area contributed by atoms with Crippen LogP contribution in [0.2, 0.25) is 0 Å². The Morgan fingerprint density at radius 2 is 1.23 bits per heavy atom. The fraction of sp³-hybridized carbons (Fsp3) is 0.185. The van der Waals surface area contributed by atoms with Crippen LogP contribution in [0.15, 0.2) is 164 Å². The predicted molar refractivity (Wildman–Crippen MR) is 238 cm³/mol. The average molecular weight is 964 g/mol. The van der Waals surface area contributed by atoms with Crippen molar-refractivity contribution in [3.8, 4) is 28.7 Å². The molecule has 3 heterocycles. The first-order valence-electron chi connectivity index (χ1n) is 20.3. The quantitative estimate of drug-likeness (QED) is 0.107. The van der Waals surface area contributed by atoms with Crippen LogP contribution in [0.3, 0.4) is 0 Å². The number of pyridine rings is 1. The van der Waals surface area contributed by atoms with Gasteiger partial charge in [0.25, 0.3) is 6.33 Å². The number of fused-ring (bicyclic) bond motifs is 3. The minimum absolute atomic E-state index is 0. The number of hydrogen-bond acceptors (Lipinski definition) is 2. The number of ether oxygens (including phenoxy) is 1. The molecule has 0 bridgehead atoms. The Kier molecular flexibility index (Phi) is 10.8. The first kappa shape index (κ1) is 40.7. The summed E-state index contributed by atoms with van der Waals surface area (Å²) in [6.07, 6.45) is 9.45. The Hall–Kier alpha value is -6.03.